The fourth-order valence-corrected chi connectivity index (χ4v) is 4.73. The first-order valence-corrected chi connectivity index (χ1v) is 8.81. The summed E-state index contributed by atoms with van der Waals surface area (Å²) in [6, 6.07) is 0.0874. The van der Waals surface area contributed by atoms with Crippen LogP contribution in [0.3, 0.4) is 0 Å². The number of nitrogens with one attached hydrogen (secondary N) is 2. The third kappa shape index (κ3) is 3.26. The smallest absolute Gasteiger partial charge is 0.237 e. The predicted molar refractivity (Wildman–Crippen MR) is 79.4 cm³/mol. The van der Waals surface area contributed by atoms with Gasteiger partial charge in [0, 0.05) is 37.7 Å². The molecule has 5 heteroatoms. The van der Waals surface area contributed by atoms with Crippen LogP contribution in [0.1, 0.15) is 19.3 Å². The number of carbonyl (C=O) groups excluding carboxylic acids is 1. The molecule has 2 N–H and O–H groups in total. The Morgan fingerprint density at radius 1 is 1.32 bits per heavy atom. The van der Waals surface area contributed by atoms with Crippen LogP contribution in [0.2, 0.25) is 0 Å². The normalized spacial score (nSPS) is 35.3. The van der Waals surface area contributed by atoms with E-state index in [0.717, 1.165) is 25.6 Å². The monoisotopic (exact) mass is 283 g/mol. The van der Waals surface area contributed by atoms with Crippen molar-refractivity contribution in [1.82, 2.24) is 15.5 Å². The van der Waals surface area contributed by atoms with Crippen LogP contribution in [-0.4, -0.2) is 61.1 Å². The lowest BCUT2D eigenvalue weighted by atomic mass is 9.94. The summed E-state index contributed by atoms with van der Waals surface area (Å²) >= 11 is 2.03. The zero-order valence-corrected chi connectivity index (χ0v) is 12.4. The Balaban J connectivity index is 1.39. The summed E-state index contributed by atoms with van der Waals surface area (Å²) in [6.07, 6.45) is 3.86. The minimum absolute atomic E-state index is 0.0874. The van der Waals surface area contributed by atoms with Crippen molar-refractivity contribution in [3.8, 4) is 0 Å². The molecule has 3 unspecified atom stereocenters. The van der Waals surface area contributed by atoms with Crippen LogP contribution < -0.4 is 10.6 Å². The van der Waals surface area contributed by atoms with Crippen molar-refractivity contribution >= 4 is 17.7 Å². The number of hydrogen-bond donors (Lipinski definition) is 2. The van der Waals surface area contributed by atoms with Gasteiger partial charge in [-0.15, -0.1) is 0 Å². The number of thioether (sulfide) groups is 1. The van der Waals surface area contributed by atoms with Crippen molar-refractivity contribution in [3.05, 3.63) is 0 Å². The van der Waals surface area contributed by atoms with Gasteiger partial charge in [0.25, 0.3) is 0 Å². The quantitative estimate of drug-likeness (QED) is 0.790. The lowest BCUT2D eigenvalue weighted by Gasteiger charge is -2.26. The lowest BCUT2D eigenvalue weighted by Crippen LogP contribution is -2.46. The van der Waals surface area contributed by atoms with E-state index < -0.39 is 0 Å². The molecule has 2 aliphatic heterocycles. The Morgan fingerprint density at radius 2 is 2.16 bits per heavy atom. The van der Waals surface area contributed by atoms with Gasteiger partial charge in [-0.25, -0.2) is 0 Å². The predicted octanol–water partition coefficient (Wildman–Crippen LogP) is 0.540. The zero-order chi connectivity index (χ0) is 13.1. The van der Waals surface area contributed by atoms with Gasteiger partial charge in [0.15, 0.2) is 0 Å². The van der Waals surface area contributed by atoms with E-state index in [-0.39, 0.29) is 11.9 Å². The molecule has 3 rings (SSSR count). The molecule has 1 amide bonds. The van der Waals surface area contributed by atoms with Crippen LogP contribution in [0.25, 0.3) is 0 Å². The first kappa shape index (κ1) is 13.7. The number of amides is 1. The number of carbonyl (C=O) groups is 1. The Kier molecular flexibility index (Phi) is 4.66. The SMILES string of the molecule is O=C(NCCN1CCSCC1)C1NCC2CCCC21. The van der Waals surface area contributed by atoms with Crippen LogP contribution in [0.15, 0.2) is 0 Å². The summed E-state index contributed by atoms with van der Waals surface area (Å²) < 4.78 is 0. The fourth-order valence-electron chi connectivity index (χ4n) is 3.75. The average molecular weight is 283 g/mol. The number of rotatable bonds is 4. The van der Waals surface area contributed by atoms with Crippen molar-refractivity contribution in [2.75, 3.05) is 44.2 Å². The number of hydrogen-bond acceptors (Lipinski definition) is 4. The molecular weight excluding hydrogens is 258 g/mol. The molecule has 0 bridgehead atoms. The van der Waals surface area contributed by atoms with Gasteiger partial charge in [0.2, 0.25) is 5.91 Å². The third-order valence-corrected chi connectivity index (χ3v) is 5.80. The molecule has 1 aliphatic carbocycles. The molecular formula is C14H25N3OS. The van der Waals surface area contributed by atoms with E-state index in [0.29, 0.717) is 5.92 Å². The maximum atomic E-state index is 12.2. The minimum atomic E-state index is 0.0874. The second-order valence-corrected chi connectivity index (χ2v) is 7.21. The summed E-state index contributed by atoms with van der Waals surface area (Å²) in [4.78, 5) is 14.7. The van der Waals surface area contributed by atoms with Crippen LogP contribution in [0.4, 0.5) is 0 Å². The van der Waals surface area contributed by atoms with Crippen LogP contribution in [0, 0.1) is 11.8 Å². The van der Waals surface area contributed by atoms with E-state index in [1.807, 2.05) is 11.8 Å². The summed E-state index contributed by atoms with van der Waals surface area (Å²) in [6.45, 7) is 5.21. The van der Waals surface area contributed by atoms with Crippen molar-refractivity contribution in [1.29, 1.82) is 0 Å². The van der Waals surface area contributed by atoms with Crippen LogP contribution in [-0.2, 0) is 4.79 Å². The zero-order valence-electron chi connectivity index (χ0n) is 11.6. The summed E-state index contributed by atoms with van der Waals surface area (Å²) in [5.41, 5.74) is 0. The standard InChI is InChI=1S/C14H25N3OS/c18-14(13-12-3-1-2-11(12)10-16-13)15-4-5-17-6-8-19-9-7-17/h11-13,16H,1-10H2,(H,15,18). The molecule has 4 nitrogen and oxygen atoms in total. The topological polar surface area (TPSA) is 44.4 Å². The molecule has 0 aromatic rings. The van der Waals surface area contributed by atoms with Gasteiger partial charge < -0.3 is 10.6 Å². The second-order valence-electron chi connectivity index (χ2n) is 5.99. The highest BCUT2D eigenvalue weighted by molar-refractivity contribution is 7.99. The molecule has 19 heavy (non-hydrogen) atoms. The van der Waals surface area contributed by atoms with Crippen molar-refractivity contribution < 1.29 is 4.79 Å². The van der Waals surface area contributed by atoms with E-state index >= 15 is 0 Å². The lowest BCUT2D eigenvalue weighted by molar-refractivity contribution is -0.123. The molecule has 0 aromatic heterocycles. The molecule has 3 aliphatic rings. The third-order valence-electron chi connectivity index (χ3n) is 4.86. The van der Waals surface area contributed by atoms with Gasteiger partial charge in [0.1, 0.15) is 0 Å². The van der Waals surface area contributed by atoms with E-state index in [4.69, 9.17) is 0 Å². The Bertz CT molecular complexity index is 320. The maximum absolute atomic E-state index is 12.2. The largest absolute Gasteiger partial charge is 0.353 e. The van der Waals surface area contributed by atoms with Crippen molar-refractivity contribution in [3.63, 3.8) is 0 Å². The summed E-state index contributed by atoms with van der Waals surface area (Å²) in [7, 11) is 0. The van der Waals surface area contributed by atoms with Gasteiger partial charge in [-0.2, -0.15) is 11.8 Å². The van der Waals surface area contributed by atoms with Gasteiger partial charge in [0.05, 0.1) is 6.04 Å². The highest BCUT2D eigenvalue weighted by Gasteiger charge is 2.42. The van der Waals surface area contributed by atoms with Crippen LogP contribution in [0.5, 0.6) is 0 Å². The fraction of sp³-hybridized carbons (Fsp3) is 0.929. The van der Waals surface area contributed by atoms with Gasteiger partial charge in [-0.1, -0.05) is 6.42 Å². The Labute approximate surface area is 120 Å². The van der Waals surface area contributed by atoms with Gasteiger partial charge in [-0.3, -0.25) is 9.69 Å². The van der Waals surface area contributed by atoms with E-state index in [9.17, 15) is 4.79 Å². The molecule has 2 heterocycles. The average Bonchev–Trinajstić information content (AvgIpc) is 3.02. The molecule has 3 atom stereocenters. The molecule has 2 saturated heterocycles. The van der Waals surface area contributed by atoms with E-state index in [2.05, 4.69) is 15.5 Å². The number of nitrogens with zero attached hydrogens (tertiary/aromatic N) is 1. The first-order chi connectivity index (χ1) is 9.34. The highest BCUT2D eigenvalue weighted by Crippen LogP contribution is 2.37. The van der Waals surface area contributed by atoms with Crippen molar-refractivity contribution in [2.24, 2.45) is 11.8 Å². The maximum Gasteiger partial charge on any atom is 0.237 e. The molecule has 108 valence electrons. The van der Waals surface area contributed by atoms with Gasteiger partial charge >= 0.3 is 0 Å². The molecule has 1 saturated carbocycles. The van der Waals surface area contributed by atoms with Gasteiger partial charge in [-0.05, 0) is 31.2 Å². The molecule has 0 aromatic carbocycles. The number of fused-ring (bicyclic) bond motifs is 1. The van der Waals surface area contributed by atoms with Crippen LogP contribution >= 0.6 is 11.8 Å². The molecule has 3 fully saturated rings. The van der Waals surface area contributed by atoms with E-state index in [1.54, 1.807) is 0 Å². The highest BCUT2D eigenvalue weighted by atomic mass is 32.2. The first-order valence-electron chi connectivity index (χ1n) is 7.66. The Hall–Kier alpha value is -0.260. The minimum Gasteiger partial charge on any atom is -0.353 e. The Morgan fingerprint density at radius 3 is 3.00 bits per heavy atom. The van der Waals surface area contributed by atoms with Crippen molar-refractivity contribution in [2.45, 2.75) is 25.3 Å². The van der Waals surface area contributed by atoms with E-state index in [1.165, 1.54) is 43.9 Å². The second kappa shape index (κ2) is 6.46. The molecule has 0 radical (unpaired) electrons. The summed E-state index contributed by atoms with van der Waals surface area (Å²) in [5.74, 6) is 4.08. The summed E-state index contributed by atoms with van der Waals surface area (Å²) in [5, 5.41) is 6.55. The molecule has 0 spiro atoms.